The Morgan fingerprint density at radius 2 is 1.17 bits per heavy atom. The van der Waals surface area contributed by atoms with Gasteiger partial charge < -0.3 is 0 Å². The van der Waals surface area contributed by atoms with Crippen LogP contribution in [-0.4, -0.2) is 31.0 Å². The summed E-state index contributed by atoms with van der Waals surface area (Å²) in [4.78, 5) is 11.4. The molecule has 0 saturated carbocycles. The van der Waals surface area contributed by atoms with E-state index in [1.165, 1.54) is 51.4 Å². The van der Waals surface area contributed by atoms with Crippen molar-refractivity contribution in [3.63, 3.8) is 0 Å². The van der Waals surface area contributed by atoms with Gasteiger partial charge in [-0.2, -0.15) is 0 Å². The van der Waals surface area contributed by atoms with Crippen LogP contribution in [0.1, 0.15) is 91.9 Å². The van der Waals surface area contributed by atoms with Crippen LogP contribution < -0.4 is 0 Å². The van der Waals surface area contributed by atoms with Crippen LogP contribution in [0.4, 0.5) is 0 Å². The molecule has 0 spiro atoms. The first-order chi connectivity index (χ1) is 11.1. The molecule has 0 aliphatic heterocycles. The average molecular weight is 433 g/mol. The van der Waals surface area contributed by atoms with Gasteiger partial charge in [0.1, 0.15) is 0 Å². The van der Waals surface area contributed by atoms with Crippen LogP contribution in [0.15, 0.2) is 0 Å². The molecule has 0 aromatic rings. The molecule has 0 amide bonds. The van der Waals surface area contributed by atoms with Crippen molar-refractivity contribution in [3.05, 3.63) is 0 Å². The number of esters is 1. The molecule has 2 nitrogen and oxygen atoms in total. The van der Waals surface area contributed by atoms with Crippen molar-refractivity contribution >= 4 is 24.3 Å². The molecule has 0 saturated heterocycles. The quantitative estimate of drug-likeness (QED) is 0.149. The van der Waals surface area contributed by atoms with E-state index < -0.39 is 18.4 Å². The number of unbranched alkanes of at least 4 members (excludes halogenated alkanes) is 5. The predicted molar refractivity (Wildman–Crippen MR) is 105 cm³/mol. The second-order valence-corrected chi connectivity index (χ2v) is 21.4. The Morgan fingerprint density at radius 3 is 1.61 bits per heavy atom. The van der Waals surface area contributed by atoms with Gasteiger partial charge in [0, 0.05) is 0 Å². The molecule has 0 aliphatic rings. The van der Waals surface area contributed by atoms with Crippen LogP contribution in [0, 0.1) is 0 Å². The van der Waals surface area contributed by atoms with Crippen LogP contribution in [0.2, 0.25) is 17.7 Å². The fourth-order valence-electron chi connectivity index (χ4n) is 3.58. The van der Waals surface area contributed by atoms with Crippen molar-refractivity contribution in [1.29, 1.82) is 0 Å². The maximum absolute atomic E-state index is 11.4. The summed E-state index contributed by atoms with van der Waals surface area (Å²) in [5.74, 6) is -0.00905. The normalized spacial score (nSPS) is 11.7. The van der Waals surface area contributed by atoms with Crippen LogP contribution in [0.5, 0.6) is 0 Å². The third-order valence-electron chi connectivity index (χ3n) is 5.08. The van der Waals surface area contributed by atoms with Crippen molar-refractivity contribution < 1.29 is 9.53 Å². The SMILES string of the molecule is CCC[CH2][Sn]([CH2]CCC)([CH2]CCC)[CH2]CCCCC(=O)OCC. The number of carbonyl (C=O) groups is 1. The molecule has 0 fully saturated rings. The molecular weight excluding hydrogens is 391 g/mol. The molecule has 0 aromatic heterocycles. The van der Waals surface area contributed by atoms with Gasteiger partial charge in [0.15, 0.2) is 0 Å². The van der Waals surface area contributed by atoms with Crippen molar-refractivity contribution in [1.82, 2.24) is 0 Å². The molecule has 0 radical (unpaired) electrons. The molecule has 0 unspecified atom stereocenters. The summed E-state index contributed by atoms with van der Waals surface area (Å²) in [5.41, 5.74) is 0. The van der Waals surface area contributed by atoms with Crippen molar-refractivity contribution in [3.8, 4) is 0 Å². The number of hydrogen-bond donors (Lipinski definition) is 0. The van der Waals surface area contributed by atoms with Gasteiger partial charge in [-0.25, -0.2) is 0 Å². The first-order valence-electron chi connectivity index (χ1n) is 10.3. The summed E-state index contributed by atoms with van der Waals surface area (Å²) in [6, 6.07) is 0. The van der Waals surface area contributed by atoms with Gasteiger partial charge in [0.05, 0.1) is 0 Å². The fraction of sp³-hybridized carbons (Fsp3) is 0.950. The molecule has 0 aromatic carbocycles. The Hall–Kier alpha value is 0.269. The molecule has 0 N–H and O–H groups in total. The standard InChI is InChI=1S/C8H15O2.3C4H9.Sn/c1-3-5-6-7-8(9)10-4-2;3*1-3-4-2;/h1,3-7H2,2H3;3*1,3-4H2,2H3;. The zero-order chi connectivity index (χ0) is 17.4. The summed E-state index contributed by atoms with van der Waals surface area (Å²) < 4.78 is 11.4. The van der Waals surface area contributed by atoms with Crippen molar-refractivity contribution in [2.24, 2.45) is 0 Å². The van der Waals surface area contributed by atoms with E-state index in [4.69, 9.17) is 4.74 Å². The second-order valence-electron chi connectivity index (χ2n) is 7.18. The number of hydrogen-bond acceptors (Lipinski definition) is 2. The second kappa shape index (κ2) is 15.8. The van der Waals surface area contributed by atoms with Gasteiger partial charge in [-0.3, -0.25) is 0 Å². The Labute approximate surface area is 150 Å². The van der Waals surface area contributed by atoms with E-state index in [1.807, 2.05) is 6.92 Å². The van der Waals surface area contributed by atoms with Crippen LogP contribution >= 0.6 is 0 Å². The molecule has 3 heteroatoms. The van der Waals surface area contributed by atoms with E-state index in [0.29, 0.717) is 13.0 Å². The topological polar surface area (TPSA) is 26.3 Å². The van der Waals surface area contributed by atoms with Gasteiger partial charge >= 0.3 is 150 Å². The fourth-order valence-corrected chi connectivity index (χ4v) is 20.2. The van der Waals surface area contributed by atoms with Crippen LogP contribution in [0.25, 0.3) is 0 Å². The third-order valence-corrected chi connectivity index (χ3v) is 21.2. The molecule has 0 bridgehead atoms. The van der Waals surface area contributed by atoms with Gasteiger partial charge in [-0.15, -0.1) is 0 Å². The number of carbonyl (C=O) groups excluding carboxylic acids is 1. The van der Waals surface area contributed by atoms with Crippen molar-refractivity contribution in [2.45, 2.75) is 110 Å². The van der Waals surface area contributed by atoms with Gasteiger partial charge in [0.25, 0.3) is 0 Å². The van der Waals surface area contributed by atoms with E-state index in [0.717, 1.165) is 6.42 Å². The molecule has 138 valence electrons. The molecular formula is C20H42O2Sn. The Balaban J connectivity index is 4.32. The summed E-state index contributed by atoms with van der Waals surface area (Å²) in [7, 11) is 0. The summed E-state index contributed by atoms with van der Waals surface area (Å²) in [6.07, 6.45) is 12.7. The van der Waals surface area contributed by atoms with E-state index in [9.17, 15) is 4.79 Å². The number of rotatable bonds is 16. The van der Waals surface area contributed by atoms with E-state index in [2.05, 4.69) is 20.8 Å². The molecule has 23 heavy (non-hydrogen) atoms. The van der Waals surface area contributed by atoms with Gasteiger partial charge in [-0.1, -0.05) is 0 Å². The summed E-state index contributed by atoms with van der Waals surface area (Å²) in [5, 5.41) is 0. The molecule has 0 rings (SSSR count). The van der Waals surface area contributed by atoms with Gasteiger partial charge in [-0.05, 0) is 0 Å². The van der Waals surface area contributed by atoms with E-state index in [1.54, 1.807) is 17.7 Å². The number of ether oxygens (including phenoxy) is 1. The first-order valence-corrected chi connectivity index (χ1v) is 18.4. The first kappa shape index (κ1) is 23.3. The minimum atomic E-state index is -1.91. The van der Waals surface area contributed by atoms with Crippen LogP contribution in [0.3, 0.4) is 0 Å². The maximum atomic E-state index is 11.4. The van der Waals surface area contributed by atoms with Crippen molar-refractivity contribution in [2.75, 3.05) is 6.61 Å². The van der Waals surface area contributed by atoms with E-state index in [-0.39, 0.29) is 5.97 Å². The van der Waals surface area contributed by atoms with Crippen LogP contribution in [-0.2, 0) is 9.53 Å². The average Bonchev–Trinajstić information content (AvgIpc) is 2.55. The Morgan fingerprint density at radius 1 is 0.696 bits per heavy atom. The Bertz CT molecular complexity index is 257. The summed E-state index contributed by atoms with van der Waals surface area (Å²) >= 11 is -1.91. The predicted octanol–water partition coefficient (Wildman–Crippen LogP) is 6.96. The monoisotopic (exact) mass is 434 g/mol. The van der Waals surface area contributed by atoms with Gasteiger partial charge in [0.2, 0.25) is 0 Å². The minimum absolute atomic E-state index is 0.00905. The Kier molecular flexibility index (Phi) is 16.0. The molecule has 0 atom stereocenters. The third kappa shape index (κ3) is 12.3. The molecule has 0 heterocycles. The molecule has 0 aliphatic carbocycles. The van der Waals surface area contributed by atoms with E-state index >= 15 is 0 Å². The summed E-state index contributed by atoms with van der Waals surface area (Å²) in [6.45, 7) is 9.43. The zero-order valence-electron chi connectivity index (χ0n) is 16.4. The zero-order valence-corrected chi connectivity index (χ0v) is 19.3.